The van der Waals surface area contributed by atoms with Gasteiger partial charge in [0.05, 0.1) is 5.52 Å². The number of rotatable bonds is 7. The molecule has 2 aliphatic rings. The van der Waals surface area contributed by atoms with Gasteiger partial charge in [0.25, 0.3) is 0 Å². The Bertz CT molecular complexity index is 1850. The molecular weight excluding hydrogens is 607 g/mol. The Hall–Kier alpha value is -4.10. The summed E-state index contributed by atoms with van der Waals surface area (Å²) in [5, 5.41) is 13.6. The number of benzene rings is 1. The van der Waals surface area contributed by atoms with Crippen molar-refractivity contribution >= 4 is 27.1 Å². The van der Waals surface area contributed by atoms with Crippen LogP contribution in [0.3, 0.4) is 0 Å². The first-order chi connectivity index (χ1) is 20.6. The van der Waals surface area contributed by atoms with Crippen LogP contribution in [0.2, 0.25) is 0 Å². The molecule has 10 nitrogen and oxygen atoms in total. The number of fused-ring (bicyclic) bond motifs is 1. The molecule has 1 aliphatic heterocycles. The van der Waals surface area contributed by atoms with Gasteiger partial charge in [0.1, 0.15) is 28.2 Å². The summed E-state index contributed by atoms with van der Waals surface area (Å²) in [4.78, 5) is 28.1. The predicted octanol–water partition coefficient (Wildman–Crippen LogP) is 6.20. The van der Waals surface area contributed by atoms with Crippen molar-refractivity contribution < 1.29 is 24.0 Å². The molecule has 2 fully saturated rings. The molecule has 0 radical (unpaired) electrons. The number of halogens is 5. The second kappa shape index (κ2) is 9.70. The van der Waals surface area contributed by atoms with Gasteiger partial charge in [-0.05, 0) is 56.0 Å². The zero-order chi connectivity index (χ0) is 31.7. The van der Waals surface area contributed by atoms with Crippen LogP contribution < -0.4 is 10.6 Å². The summed E-state index contributed by atoms with van der Waals surface area (Å²) in [5.41, 5.74) is 0.841. The van der Waals surface area contributed by atoms with Crippen molar-refractivity contribution in [3.8, 4) is 6.07 Å². The quantitative estimate of drug-likeness (QED) is 0.219. The second-order valence-corrected chi connectivity index (χ2v) is 13.8. The Morgan fingerprint density at radius 2 is 1.75 bits per heavy atom. The molecule has 3 aromatic heterocycles. The number of pyridine rings is 1. The van der Waals surface area contributed by atoms with Gasteiger partial charge >= 0.3 is 15.9 Å². The number of nitriles is 1. The highest BCUT2D eigenvalue weighted by atomic mass is 32.5. The van der Waals surface area contributed by atoms with Crippen LogP contribution in [0.15, 0.2) is 50.6 Å². The molecule has 1 saturated heterocycles. The minimum atomic E-state index is -9.88. The van der Waals surface area contributed by atoms with Crippen molar-refractivity contribution in [2.45, 2.75) is 62.0 Å². The Morgan fingerprint density at radius 3 is 2.36 bits per heavy atom. The number of piperazine rings is 1. The molecule has 1 aliphatic carbocycles. The SMILES string of the molecule is CC[C@@H]1CN(c2nc(=O)n(C)c3ccc(C#N)nc23)[C@@H](C)CN1C(c1ccc(S(F)(F)(F)(F)F)cc1)c1nc(C2CC2)no1. The third-order valence-electron chi connectivity index (χ3n) is 8.28. The van der Waals surface area contributed by atoms with E-state index in [1.54, 1.807) is 13.1 Å². The van der Waals surface area contributed by atoms with E-state index in [2.05, 4.69) is 20.1 Å². The number of aromatic nitrogens is 5. The summed E-state index contributed by atoms with van der Waals surface area (Å²) in [7, 11) is -8.31. The van der Waals surface area contributed by atoms with Gasteiger partial charge in [-0.25, -0.2) is 9.78 Å². The Labute approximate surface area is 248 Å². The zero-order valence-corrected chi connectivity index (χ0v) is 24.8. The van der Waals surface area contributed by atoms with E-state index >= 15 is 0 Å². The maximum absolute atomic E-state index is 13.5. The Kier molecular flexibility index (Phi) is 6.60. The molecule has 0 amide bonds. The molecule has 0 N–H and O–H groups in total. The Morgan fingerprint density at radius 1 is 1.05 bits per heavy atom. The summed E-state index contributed by atoms with van der Waals surface area (Å²) in [6.07, 6.45) is 2.36. The highest BCUT2D eigenvalue weighted by Gasteiger charge is 2.65. The number of aryl methyl sites for hydroxylation is 1. The lowest BCUT2D eigenvalue weighted by Crippen LogP contribution is -2.58. The number of anilines is 1. The van der Waals surface area contributed by atoms with E-state index in [9.17, 15) is 29.5 Å². The molecule has 0 bridgehead atoms. The summed E-state index contributed by atoms with van der Waals surface area (Å²) in [6, 6.07) is 6.63. The maximum Gasteiger partial charge on any atom is 0.349 e. The average Bonchev–Trinajstić information content (AvgIpc) is 3.71. The summed E-state index contributed by atoms with van der Waals surface area (Å²) in [5.74, 6) is 1.12. The molecular formula is C28H29F5N8O2S. The van der Waals surface area contributed by atoms with Crippen LogP contribution in [0.4, 0.5) is 25.2 Å². The van der Waals surface area contributed by atoms with Crippen LogP contribution in [-0.2, 0) is 7.05 Å². The van der Waals surface area contributed by atoms with Gasteiger partial charge < -0.3 is 9.42 Å². The van der Waals surface area contributed by atoms with Crippen LogP contribution in [0.5, 0.6) is 0 Å². The van der Waals surface area contributed by atoms with Gasteiger partial charge in [-0.15, -0.1) is 0 Å². The highest BCUT2D eigenvalue weighted by Crippen LogP contribution is 3.02. The van der Waals surface area contributed by atoms with Gasteiger partial charge in [0.15, 0.2) is 11.6 Å². The van der Waals surface area contributed by atoms with Crippen molar-refractivity contribution in [1.82, 2.24) is 29.6 Å². The summed E-state index contributed by atoms with van der Waals surface area (Å²) in [6.45, 7) is 4.47. The maximum atomic E-state index is 13.5. The second-order valence-electron chi connectivity index (χ2n) is 11.4. The van der Waals surface area contributed by atoms with Gasteiger partial charge in [0.2, 0.25) is 5.89 Å². The molecule has 234 valence electrons. The molecule has 4 heterocycles. The number of nitrogens with zero attached hydrogens (tertiary/aromatic N) is 8. The molecule has 1 unspecified atom stereocenters. The number of hydrogen-bond donors (Lipinski definition) is 0. The fraction of sp³-hybridized carbons (Fsp3) is 0.429. The molecule has 16 heteroatoms. The topological polar surface area (TPSA) is 117 Å². The monoisotopic (exact) mass is 636 g/mol. The lowest BCUT2D eigenvalue weighted by Gasteiger charge is -2.48. The Balaban J connectivity index is 1.41. The third kappa shape index (κ3) is 5.50. The van der Waals surface area contributed by atoms with Crippen LogP contribution in [0, 0.1) is 11.3 Å². The van der Waals surface area contributed by atoms with Crippen molar-refractivity contribution in [3.05, 3.63) is 69.9 Å². The fourth-order valence-electron chi connectivity index (χ4n) is 5.76. The number of hydrogen-bond acceptors (Lipinski definition) is 9. The molecule has 1 aromatic carbocycles. The highest BCUT2D eigenvalue weighted by molar-refractivity contribution is 8.45. The van der Waals surface area contributed by atoms with E-state index < -0.39 is 26.9 Å². The average molecular weight is 637 g/mol. The lowest BCUT2D eigenvalue weighted by atomic mass is 9.97. The molecule has 4 aromatic rings. The lowest BCUT2D eigenvalue weighted by molar-refractivity contribution is 0.0973. The van der Waals surface area contributed by atoms with Gasteiger partial charge in [-0.2, -0.15) is 15.2 Å². The van der Waals surface area contributed by atoms with Crippen LogP contribution in [-0.4, -0.2) is 54.7 Å². The van der Waals surface area contributed by atoms with Crippen LogP contribution >= 0.6 is 10.2 Å². The third-order valence-corrected chi connectivity index (χ3v) is 9.45. The fourth-order valence-corrected chi connectivity index (χ4v) is 6.41. The van der Waals surface area contributed by atoms with E-state index in [4.69, 9.17) is 4.52 Å². The molecule has 6 rings (SSSR count). The molecule has 44 heavy (non-hydrogen) atoms. The van der Waals surface area contributed by atoms with Crippen molar-refractivity contribution in [2.75, 3.05) is 18.0 Å². The summed E-state index contributed by atoms with van der Waals surface area (Å²) < 4.78 is 74.7. The van der Waals surface area contributed by atoms with Crippen molar-refractivity contribution in [2.24, 2.45) is 7.05 Å². The normalized spacial score (nSPS) is 21.9. The zero-order valence-electron chi connectivity index (χ0n) is 24.0. The van der Waals surface area contributed by atoms with Crippen LogP contribution in [0.1, 0.15) is 68.0 Å². The van der Waals surface area contributed by atoms with E-state index in [0.717, 1.165) is 25.0 Å². The van der Waals surface area contributed by atoms with E-state index in [-0.39, 0.29) is 35.1 Å². The predicted molar refractivity (Wildman–Crippen MR) is 153 cm³/mol. The van der Waals surface area contributed by atoms with Crippen molar-refractivity contribution in [3.63, 3.8) is 0 Å². The first-order valence-electron chi connectivity index (χ1n) is 14.1. The van der Waals surface area contributed by atoms with Gasteiger partial charge in [-0.3, -0.25) is 9.47 Å². The smallest absolute Gasteiger partial charge is 0.349 e. The standard InChI is InChI=1S/C28H29F5N8O2S/c1-4-20-15-40(26-23-22(39(3)28(42)37-26)12-9-19(13-34)35-23)16(2)14-41(20)24(27-36-25(38-43-27)18-5-6-18)17-7-10-21(11-8-17)44(29,30,31,32)33/h7-12,16,18,20,24H,4-6,14-15H2,1-3H3/t16-,20+,24?/m0/s1. The largest absolute Gasteiger partial charge is 0.349 e. The first kappa shape index (κ1) is 29.9. The molecule has 1 saturated carbocycles. The van der Waals surface area contributed by atoms with Crippen molar-refractivity contribution in [1.29, 1.82) is 5.26 Å². The van der Waals surface area contributed by atoms with Crippen LogP contribution in [0.25, 0.3) is 11.0 Å². The minimum absolute atomic E-state index is 0.146. The van der Waals surface area contributed by atoms with Gasteiger partial charge in [0, 0.05) is 38.1 Å². The minimum Gasteiger partial charge on any atom is -0.349 e. The van der Waals surface area contributed by atoms with E-state index in [0.29, 0.717) is 54.3 Å². The van der Waals surface area contributed by atoms with E-state index in [1.807, 2.05) is 29.7 Å². The molecule has 3 atom stereocenters. The van der Waals surface area contributed by atoms with Gasteiger partial charge in [-0.1, -0.05) is 43.6 Å². The summed E-state index contributed by atoms with van der Waals surface area (Å²) >= 11 is 0. The molecule has 0 spiro atoms. The first-order valence-corrected chi connectivity index (χ1v) is 16.0. The van der Waals surface area contributed by atoms with E-state index in [1.165, 1.54) is 10.6 Å².